The normalized spacial score (nSPS) is 11.2. The zero-order chi connectivity index (χ0) is 19.1. The molecule has 0 spiro atoms. The molecule has 0 radical (unpaired) electrons. The number of methoxy groups -OCH3 is 1. The third-order valence-electron chi connectivity index (χ3n) is 4.89. The molecule has 26 heavy (non-hydrogen) atoms. The third-order valence-corrected chi connectivity index (χ3v) is 4.89. The van der Waals surface area contributed by atoms with E-state index in [-0.39, 0.29) is 6.09 Å². The van der Waals surface area contributed by atoms with Crippen molar-refractivity contribution in [2.24, 2.45) is 0 Å². The van der Waals surface area contributed by atoms with Gasteiger partial charge in [0.25, 0.3) is 0 Å². The number of ether oxygens (including phenoxy) is 1. The van der Waals surface area contributed by atoms with E-state index in [1.54, 1.807) is 0 Å². The molecule has 1 N–H and O–H groups in total. The quantitative estimate of drug-likeness (QED) is 0.189. The van der Waals surface area contributed by atoms with Crippen LogP contribution < -0.4 is 5.32 Å². The van der Waals surface area contributed by atoms with E-state index < -0.39 is 0 Å². The van der Waals surface area contributed by atoms with Crippen molar-refractivity contribution in [3.8, 4) is 0 Å². The summed E-state index contributed by atoms with van der Waals surface area (Å²) in [6, 6.07) is 0. The first-order chi connectivity index (χ1) is 12.8. The molecule has 0 rings (SSSR count). The number of amides is 1. The molecule has 0 heterocycles. The fourth-order valence-electron chi connectivity index (χ4n) is 3.17. The lowest BCUT2D eigenvalue weighted by Gasteiger charge is -2.04. The molecular weight excluding hydrogens is 322 g/mol. The van der Waals surface area contributed by atoms with E-state index in [2.05, 4.69) is 29.1 Å². The van der Waals surface area contributed by atoms with Crippen molar-refractivity contribution < 1.29 is 9.53 Å². The van der Waals surface area contributed by atoms with Gasteiger partial charge in [-0.05, 0) is 32.1 Å². The summed E-state index contributed by atoms with van der Waals surface area (Å²) in [6.45, 7) is 3.01. The van der Waals surface area contributed by atoms with Gasteiger partial charge in [-0.25, -0.2) is 4.79 Å². The Morgan fingerprint density at radius 1 is 0.692 bits per heavy atom. The zero-order valence-corrected chi connectivity index (χ0v) is 17.7. The molecule has 0 aromatic carbocycles. The average Bonchev–Trinajstić information content (AvgIpc) is 2.66. The van der Waals surface area contributed by atoms with E-state index in [1.165, 1.54) is 110 Å². The third kappa shape index (κ3) is 21.1. The second-order valence-electron chi connectivity index (χ2n) is 7.42. The Kier molecular flexibility index (Phi) is 21.2. The summed E-state index contributed by atoms with van der Waals surface area (Å²) in [6.07, 6.45) is 27.1. The Morgan fingerprint density at radius 3 is 1.58 bits per heavy atom. The van der Waals surface area contributed by atoms with Gasteiger partial charge >= 0.3 is 6.09 Å². The monoisotopic (exact) mass is 367 g/mol. The molecular formula is C23H45NO2. The van der Waals surface area contributed by atoms with Gasteiger partial charge in [0.05, 0.1) is 7.11 Å². The predicted molar refractivity (Wildman–Crippen MR) is 114 cm³/mol. The minimum absolute atomic E-state index is 0.317. The average molecular weight is 368 g/mol. The smallest absolute Gasteiger partial charge is 0.406 e. The summed E-state index contributed by atoms with van der Waals surface area (Å²) in [5.41, 5.74) is 0. The van der Waals surface area contributed by atoms with E-state index in [1.807, 2.05) is 0 Å². The lowest BCUT2D eigenvalue weighted by atomic mass is 10.1. The molecule has 3 heteroatoms. The van der Waals surface area contributed by atoms with Gasteiger partial charge in [-0.3, -0.25) is 0 Å². The lowest BCUT2D eigenvalue weighted by Crippen LogP contribution is -2.23. The maximum atomic E-state index is 10.9. The number of nitrogens with one attached hydrogen (secondary N) is 1. The summed E-state index contributed by atoms with van der Waals surface area (Å²) < 4.78 is 4.54. The number of hydrogen-bond donors (Lipinski definition) is 1. The molecule has 0 unspecified atom stereocenters. The molecule has 1 amide bonds. The van der Waals surface area contributed by atoms with Crippen molar-refractivity contribution in [1.82, 2.24) is 5.32 Å². The van der Waals surface area contributed by atoms with Gasteiger partial charge in [-0.2, -0.15) is 0 Å². The summed E-state index contributed by atoms with van der Waals surface area (Å²) >= 11 is 0. The molecule has 0 saturated carbocycles. The van der Waals surface area contributed by atoms with E-state index >= 15 is 0 Å². The van der Waals surface area contributed by atoms with E-state index in [0.29, 0.717) is 0 Å². The van der Waals surface area contributed by atoms with Crippen LogP contribution in [0, 0.1) is 0 Å². The number of carbonyl (C=O) groups is 1. The summed E-state index contributed by atoms with van der Waals surface area (Å²) in [7, 11) is 1.40. The highest BCUT2D eigenvalue weighted by Gasteiger charge is 1.96. The fraction of sp³-hybridized carbons (Fsp3) is 0.870. The van der Waals surface area contributed by atoms with Gasteiger partial charge in [0.15, 0.2) is 0 Å². The maximum absolute atomic E-state index is 10.9. The first-order valence-corrected chi connectivity index (χ1v) is 11.3. The summed E-state index contributed by atoms with van der Waals surface area (Å²) in [5.74, 6) is 0. The molecule has 0 aliphatic carbocycles. The van der Waals surface area contributed by atoms with Gasteiger partial charge < -0.3 is 10.1 Å². The van der Waals surface area contributed by atoms with Crippen LogP contribution in [0.5, 0.6) is 0 Å². The lowest BCUT2D eigenvalue weighted by molar-refractivity contribution is 0.171. The number of rotatable bonds is 19. The molecule has 154 valence electrons. The molecule has 0 aromatic heterocycles. The van der Waals surface area contributed by atoms with Crippen molar-refractivity contribution in [2.75, 3.05) is 13.7 Å². The largest absolute Gasteiger partial charge is 0.453 e. The number of carbonyl (C=O) groups excluding carboxylic acids is 1. The van der Waals surface area contributed by atoms with Gasteiger partial charge in [0, 0.05) is 6.54 Å². The second-order valence-corrected chi connectivity index (χ2v) is 7.42. The molecule has 0 aliphatic heterocycles. The highest BCUT2D eigenvalue weighted by molar-refractivity contribution is 5.66. The molecule has 0 fully saturated rings. The SMILES string of the molecule is CCCCCCCC/C=C\CCCCCCCCCCCNC(=O)OC. The van der Waals surface area contributed by atoms with Crippen LogP contribution in [0.15, 0.2) is 12.2 Å². The van der Waals surface area contributed by atoms with Gasteiger partial charge in [0.2, 0.25) is 0 Å². The van der Waals surface area contributed by atoms with Crippen LogP contribution in [-0.4, -0.2) is 19.7 Å². The summed E-state index contributed by atoms with van der Waals surface area (Å²) in [5, 5.41) is 2.72. The van der Waals surface area contributed by atoms with Crippen LogP contribution in [0.25, 0.3) is 0 Å². The van der Waals surface area contributed by atoms with Crippen LogP contribution in [0.3, 0.4) is 0 Å². The number of hydrogen-bond acceptors (Lipinski definition) is 2. The Hall–Kier alpha value is -0.990. The molecule has 0 atom stereocenters. The van der Waals surface area contributed by atoms with Crippen LogP contribution in [0.1, 0.15) is 116 Å². The molecule has 0 aromatic rings. The molecule has 0 saturated heterocycles. The predicted octanol–water partition coefficient (Wildman–Crippen LogP) is 7.55. The minimum atomic E-state index is -0.317. The molecule has 0 aliphatic rings. The van der Waals surface area contributed by atoms with Crippen LogP contribution in [0.4, 0.5) is 4.79 Å². The zero-order valence-electron chi connectivity index (χ0n) is 17.7. The van der Waals surface area contributed by atoms with Crippen LogP contribution in [0.2, 0.25) is 0 Å². The Morgan fingerprint density at radius 2 is 1.12 bits per heavy atom. The molecule has 0 bridgehead atoms. The van der Waals surface area contributed by atoms with E-state index in [4.69, 9.17) is 0 Å². The number of allylic oxidation sites excluding steroid dienone is 2. The highest BCUT2D eigenvalue weighted by Crippen LogP contribution is 2.11. The van der Waals surface area contributed by atoms with Crippen LogP contribution in [-0.2, 0) is 4.74 Å². The second kappa shape index (κ2) is 22.1. The van der Waals surface area contributed by atoms with Gasteiger partial charge in [-0.15, -0.1) is 0 Å². The Balaban J connectivity index is 3.08. The Labute approximate surface area is 163 Å². The highest BCUT2D eigenvalue weighted by atomic mass is 16.5. The van der Waals surface area contributed by atoms with Crippen molar-refractivity contribution in [2.45, 2.75) is 116 Å². The van der Waals surface area contributed by atoms with Crippen LogP contribution >= 0.6 is 0 Å². The van der Waals surface area contributed by atoms with Crippen molar-refractivity contribution >= 4 is 6.09 Å². The van der Waals surface area contributed by atoms with Crippen molar-refractivity contribution in [1.29, 1.82) is 0 Å². The fourth-order valence-corrected chi connectivity index (χ4v) is 3.17. The van der Waals surface area contributed by atoms with Crippen molar-refractivity contribution in [3.05, 3.63) is 12.2 Å². The number of unbranched alkanes of at least 4 members (excludes halogenated alkanes) is 15. The minimum Gasteiger partial charge on any atom is -0.453 e. The molecule has 3 nitrogen and oxygen atoms in total. The van der Waals surface area contributed by atoms with Gasteiger partial charge in [-0.1, -0.05) is 96.1 Å². The Bertz CT molecular complexity index is 315. The first kappa shape index (κ1) is 25.0. The van der Waals surface area contributed by atoms with Crippen molar-refractivity contribution in [3.63, 3.8) is 0 Å². The first-order valence-electron chi connectivity index (χ1n) is 11.3. The number of alkyl carbamates (subject to hydrolysis) is 1. The maximum Gasteiger partial charge on any atom is 0.406 e. The van der Waals surface area contributed by atoms with E-state index in [9.17, 15) is 4.79 Å². The topological polar surface area (TPSA) is 38.3 Å². The van der Waals surface area contributed by atoms with Gasteiger partial charge in [0.1, 0.15) is 0 Å². The standard InChI is InChI=1S/C23H45NO2/c1-3-4-5-6-7-8-9-10-11-12-13-14-15-16-17-18-19-20-21-22-24-23(25)26-2/h10-11H,3-9,12-22H2,1-2H3,(H,24,25)/b11-10-. The van der Waals surface area contributed by atoms with E-state index in [0.717, 1.165) is 13.0 Å². The summed E-state index contributed by atoms with van der Waals surface area (Å²) in [4.78, 5) is 10.9.